The van der Waals surface area contributed by atoms with Crippen molar-refractivity contribution in [3.63, 3.8) is 0 Å². The summed E-state index contributed by atoms with van der Waals surface area (Å²) >= 11 is 1.51. The minimum atomic E-state index is -3.35. The SMILES string of the molecule is CS(=O)(=O)C1CSCCN1c1ccc(N)cc1C(F)F. The highest BCUT2D eigenvalue weighted by Crippen LogP contribution is 2.35. The summed E-state index contributed by atoms with van der Waals surface area (Å²) in [6.07, 6.45) is -1.56. The number of hydrogen-bond acceptors (Lipinski definition) is 5. The highest BCUT2D eigenvalue weighted by atomic mass is 32.2. The monoisotopic (exact) mass is 322 g/mol. The third kappa shape index (κ3) is 3.17. The largest absolute Gasteiger partial charge is 0.399 e. The Kier molecular flexibility index (Phi) is 4.43. The predicted molar refractivity (Wildman–Crippen MR) is 79.1 cm³/mol. The molecule has 1 aliphatic rings. The van der Waals surface area contributed by atoms with Crippen LogP contribution in [0.4, 0.5) is 20.2 Å². The number of halogens is 2. The summed E-state index contributed by atoms with van der Waals surface area (Å²) in [5.41, 5.74) is 5.82. The van der Waals surface area contributed by atoms with E-state index < -0.39 is 21.6 Å². The van der Waals surface area contributed by atoms with Crippen molar-refractivity contribution in [1.29, 1.82) is 0 Å². The van der Waals surface area contributed by atoms with Gasteiger partial charge in [-0.05, 0) is 18.2 Å². The molecule has 1 fully saturated rings. The first-order valence-corrected chi connectivity index (χ1v) is 9.12. The molecule has 0 aliphatic carbocycles. The number of benzene rings is 1. The Bertz CT molecular complexity index is 593. The molecule has 8 heteroatoms. The number of rotatable bonds is 3. The van der Waals surface area contributed by atoms with Gasteiger partial charge >= 0.3 is 0 Å². The lowest BCUT2D eigenvalue weighted by Crippen LogP contribution is -2.47. The Morgan fingerprint density at radius 3 is 2.75 bits per heavy atom. The normalized spacial score (nSPS) is 20.4. The summed E-state index contributed by atoms with van der Waals surface area (Å²) in [6.45, 7) is 0.423. The molecule has 1 aromatic carbocycles. The molecule has 1 aromatic rings. The number of sulfone groups is 1. The van der Waals surface area contributed by atoms with Gasteiger partial charge in [-0.2, -0.15) is 11.8 Å². The van der Waals surface area contributed by atoms with Gasteiger partial charge in [-0.1, -0.05) is 0 Å². The zero-order chi connectivity index (χ0) is 14.9. The summed E-state index contributed by atoms with van der Waals surface area (Å²) in [7, 11) is -3.35. The zero-order valence-corrected chi connectivity index (χ0v) is 12.6. The van der Waals surface area contributed by atoms with Gasteiger partial charge in [0.05, 0.1) is 0 Å². The molecule has 0 saturated carbocycles. The minimum absolute atomic E-state index is 0.217. The van der Waals surface area contributed by atoms with Gasteiger partial charge in [0.1, 0.15) is 5.37 Å². The van der Waals surface area contributed by atoms with Crippen LogP contribution in [0.2, 0.25) is 0 Å². The van der Waals surface area contributed by atoms with Crippen molar-refractivity contribution in [2.45, 2.75) is 11.8 Å². The summed E-state index contributed by atoms with van der Waals surface area (Å²) in [4.78, 5) is 1.55. The number of nitrogens with zero attached hydrogens (tertiary/aromatic N) is 1. The highest BCUT2D eigenvalue weighted by Gasteiger charge is 2.33. The summed E-state index contributed by atoms with van der Waals surface area (Å²) in [5, 5.41) is -0.776. The Balaban J connectivity index is 2.48. The van der Waals surface area contributed by atoms with Crippen molar-refractivity contribution in [2.24, 2.45) is 0 Å². The van der Waals surface area contributed by atoms with Crippen LogP contribution in [0.1, 0.15) is 12.0 Å². The fraction of sp³-hybridized carbons (Fsp3) is 0.500. The van der Waals surface area contributed by atoms with E-state index in [1.54, 1.807) is 4.90 Å². The van der Waals surface area contributed by atoms with Crippen LogP contribution in [-0.4, -0.2) is 38.1 Å². The highest BCUT2D eigenvalue weighted by molar-refractivity contribution is 8.01. The van der Waals surface area contributed by atoms with E-state index in [1.807, 2.05) is 0 Å². The average molecular weight is 322 g/mol. The van der Waals surface area contributed by atoms with E-state index >= 15 is 0 Å². The Hall–Kier alpha value is -1.02. The molecule has 20 heavy (non-hydrogen) atoms. The van der Waals surface area contributed by atoms with Crippen molar-refractivity contribution in [2.75, 3.05) is 34.9 Å². The molecule has 1 atom stereocenters. The van der Waals surface area contributed by atoms with Crippen molar-refractivity contribution < 1.29 is 17.2 Å². The first-order valence-electron chi connectivity index (χ1n) is 6.01. The molecule has 1 aliphatic heterocycles. The average Bonchev–Trinajstić information content (AvgIpc) is 2.37. The number of anilines is 2. The van der Waals surface area contributed by atoms with Gasteiger partial charge < -0.3 is 10.6 Å². The standard InChI is InChI=1S/C12H16F2N2O2S2/c1-20(17,18)11-7-19-5-4-16(11)10-3-2-8(15)6-9(10)12(13)14/h2-3,6,11-12H,4-5,7,15H2,1H3. The number of nitrogens with two attached hydrogens (primary N) is 1. The smallest absolute Gasteiger partial charge is 0.265 e. The molecule has 1 heterocycles. The maximum atomic E-state index is 13.1. The third-order valence-corrected chi connectivity index (χ3v) is 5.82. The fourth-order valence-electron chi connectivity index (χ4n) is 2.22. The van der Waals surface area contributed by atoms with Crippen LogP contribution in [0, 0.1) is 0 Å². The number of thioether (sulfide) groups is 1. The van der Waals surface area contributed by atoms with E-state index in [4.69, 9.17) is 5.73 Å². The lowest BCUT2D eigenvalue weighted by Gasteiger charge is -2.37. The molecule has 1 unspecified atom stereocenters. The Morgan fingerprint density at radius 1 is 1.45 bits per heavy atom. The second-order valence-corrected chi connectivity index (χ2v) is 8.02. The predicted octanol–water partition coefficient (Wildman–Crippen LogP) is 2.13. The first kappa shape index (κ1) is 15.4. The van der Waals surface area contributed by atoms with Crippen molar-refractivity contribution in [3.8, 4) is 0 Å². The molecule has 112 valence electrons. The van der Waals surface area contributed by atoms with Crippen LogP contribution < -0.4 is 10.6 Å². The molecule has 0 bridgehead atoms. The van der Waals surface area contributed by atoms with Gasteiger partial charge in [-0.25, -0.2) is 17.2 Å². The summed E-state index contributed by atoms with van der Waals surface area (Å²) in [6, 6.07) is 4.20. The van der Waals surface area contributed by atoms with Crippen LogP contribution in [0.3, 0.4) is 0 Å². The van der Waals surface area contributed by atoms with Gasteiger partial charge in [-0.15, -0.1) is 0 Å². The molecule has 0 amide bonds. The minimum Gasteiger partial charge on any atom is -0.399 e. The van der Waals surface area contributed by atoms with Gasteiger partial charge in [-0.3, -0.25) is 0 Å². The maximum absolute atomic E-state index is 13.1. The molecule has 1 saturated heterocycles. The molecule has 0 radical (unpaired) electrons. The van der Waals surface area contributed by atoms with Crippen molar-refractivity contribution in [3.05, 3.63) is 23.8 Å². The molecular weight excluding hydrogens is 306 g/mol. The van der Waals surface area contributed by atoms with Crippen LogP contribution in [0.25, 0.3) is 0 Å². The van der Waals surface area contributed by atoms with Crippen molar-refractivity contribution in [1.82, 2.24) is 0 Å². The second kappa shape index (κ2) is 5.77. The summed E-state index contributed by atoms with van der Waals surface area (Å²) in [5.74, 6) is 1.09. The summed E-state index contributed by atoms with van der Waals surface area (Å²) < 4.78 is 50.0. The lowest BCUT2D eigenvalue weighted by molar-refractivity contribution is 0.152. The van der Waals surface area contributed by atoms with Crippen LogP contribution in [0.15, 0.2) is 18.2 Å². The third-order valence-electron chi connectivity index (χ3n) is 3.17. The topological polar surface area (TPSA) is 63.4 Å². The van der Waals surface area contributed by atoms with Crippen LogP contribution >= 0.6 is 11.8 Å². The first-order chi connectivity index (χ1) is 9.30. The lowest BCUT2D eigenvalue weighted by atomic mass is 10.1. The Labute approximate surface area is 121 Å². The molecule has 0 aromatic heterocycles. The number of alkyl halides is 2. The van der Waals surface area contributed by atoms with E-state index in [-0.39, 0.29) is 16.9 Å². The molecular formula is C12H16F2N2O2S2. The van der Waals surface area contributed by atoms with E-state index in [0.29, 0.717) is 18.1 Å². The number of nitrogen functional groups attached to an aromatic ring is 1. The van der Waals surface area contributed by atoms with Gasteiger partial charge in [0, 0.05) is 41.2 Å². The number of hydrogen-bond donors (Lipinski definition) is 1. The van der Waals surface area contributed by atoms with Crippen LogP contribution in [0.5, 0.6) is 0 Å². The molecule has 4 nitrogen and oxygen atoms in total. The van der Waals surface area contributed by atoms with E-state index in [9.17, 15) is 17.2 Å². The molecule has 0 spiro atoms. The van der Waals surface area contributed by atoms with E-state index in [0.717, 1.165) is 6.26 Å². The van der Waals surface area contributed by atoms with Gasteiger partial charge in [0.25, 0.3) is 6.43 Å². The van der Waals surface area contributed by atoms with E-state index in [2.05, 4.69) is 0 Å². The maximum Gasteiger partial charge on any atom is 0.265 e. The van der Waals surface area contributed by atoms with Gasteiger partial charge in [0.2, 0.25) is 0 Å². The zero-order valence-electron chi connectivity index (χ0n) is 10.9. The van der Waals surface area contributed by atoms with E-state index in [1.165, 1.54) is 30.0 Å². The van der Waals surface area contributed by atoms with Gasteiger partial charge in [0.15, 0.2) is 9.84 Å². The second-order valence-electron chi connectivity index (χ2n) is 4.67. The Morgan fingerprint density at radius 2 is 2.15 bits per heavy atom. The molecule has 2 N–H and O–H groups in total. The fourth-order valence-corrected chi connectivity index (χ4v) is 5.05. The van der Waals surface area contributed by atoms with Crippen LogP contribution in [-0.2, 0) is 9.84 Å². The quantitative estimate of drug-likeness (QED) is 0.864. The van der Waals surface area contributed by atoms with Crippen molar-refractivity contribution >= 4 is 33.0 Å². The molecule has 2 rings (SSSR count).